The molecule has 0 heterocycles. The molecule has 108 valence electrons. The van der Waals surface area contributed by atoms with E-state index >= 15 is 0 Å². The number of ether oxygens (including phenoxy) is 1. The molecule has 1 N–H and O–H groups in total. The van der Waals surface area contributed by atoms with Crippen molar-refractivity contribution < 1.29 is 18.7 Å². The number of hydrogen-bond donors (Lipinski definition) is 1. The average Bonchev–Trinajstić information content (AvgIpc) is 2.37. The normalized spacial score (nSPS) is 10.8. The van der Waals surface area contributed by atoms with Crippen molar-refractivity contribution in [3.63, 3.8) is 0 Å². The molecule has 0 unspecified atom stereocenters. The highest BCUT2D eigenvalue weighted by Gasteiger charge is 2.06. The van der Waals surface area contributed by atoms with E-state index in [2.05, 4.69) is 5.32 Å². The number of hydrogen-bond acceptors (Lipinski definition) is 3. The number of esters is 1. The quantitative estimate of drug-likeness (QED) is 0.671. The van der Waals surface area contributed by atoms with E-state index in [1.165, 1.54) is 24.3 Å². The summed E-state index contributed by atoms with van der Waals surface area (Å²) in [6.45, 7) is 3.27. The third-order valence-corrected chi connectivity index (χ3v) is 2.44. The molecule has 0 bridgehead atoms. The van der Waals surface area contributed by atoms with Gasteiger partial charge in [-0.3, -0.25) is 4.79 Å². The van der Waals surface area contributed by atoms with Crippen LogP contribution in [0, 0.1) is 5.82 Å². The molecule has 0 aliphatic heterocycles. The van der Waals surface area contributed by atoms with Gasteiger partial charge in [-0.05, 0) is 37.6 Å². The SMILES string of the molecule is CC(C)NC(=O)COC(=O)/C=C/c1ccc(F)c(Cl)c1. The largest absolute Gasteiger partial charge is 0.452 e. The minimum atomic E-state index is -0.663. The van der Waals surface area contributed by atoms with E-state index in [9.17, 15) is 14.0 Å². The van der Waals surface area contributed by atoms with Crippen molar-refractivity contribution >= 4 is 29.6 Å². The van der Waals surface area contributed by atoms with Gasteiger partial charge in [-0.2, -0.15) is 0 Å². The van der Waals surface area contributed by atoms with Gasteiger partial charge in [-0.25, -0.2) is 9.18 Å². The summed E-state index contributed by atoms with van der Waals surface area (Å²) in [5, 5.41) is 2.56. The maximum Gasteiger partial charge on any atom is 0.331 e. The molecule has 1 amide bonds. The Balaban J connectivity index is 2.47. The smallest absolute Gasteiger partial charge is 0.331 e. The van der Waals surface area contributed by atoms with E-state index in [-0.39, 0.29) is 23.6 Å². The van der Waals surface area contributed by atoms with E-state index in [0.717, 1.165) is 6.08 Å². The van der Waals surface area contributed by atoms with Gasteiger partial charge in [0.15, 0.2) is 6.61 Å². The van der Waals surface area contributed by atoms with Crippen molar-refractivity contribution in [2.75, 3.05) is 6.61 Å². The highest BCUT2D eigenvalue weighted by atomic mass is 35.5. The molecular formula is C14H15ClFNO3. The number of carbonyl (C=O) groups excluding carboxylic acids is 2. The molecule has 4 nitrogen and oxygen atoms in total. The third-order valence-electron chi connectivity index (χ3n) is 2.15. The van der Waals surface area contributed by atoms with Crippen LogP contribution in [-0.2, 0) is 14.3 Å². The van der Waals surface area contributed by atoms with Gasteiger partial charge in [-0.15, -0.1) is 0 Å². The van der Waals surface area contributed by atoms with Crippen LogP contribution in [0.1, 0.15) is 19.4 Å². The predicted molar refractivity (Wildman–Crippen MR) is 74.7 cm³/mol. The van der Waals surface area contributed by atoms with E-state index < -0.39 is 11.8 Å². The van der Waals surface area contributed by atoms with E-state index in [1.54, 1.807) is 13.8 Å². The van der Waals surface area contributed by atoms with E-state index in [1.807, 2.05) is 0 Å². The molecule has 20 heavy (non-hydrogen) atoms. The van der Waals surface area contributed by atoms with Gasteiger partial charge in [0.1, 0.15) is 5.82 Å². The zero-order chi connectivity index (χ0) is 15.1. The average molecular weight is 300 g/mol. The van der Waals surface area contributed by atoms with Gasteiger partial charge in [-0.1, -0.05) is 17.7 Å². The topological polar surface area (TPSA) is 55.4 Å². The van der Waals surface area contributed by atoms with Crippen molar-refractivity contribution in [1.29, 1.82) is 0 Å². The zero-order valence-electron chi connectivity index (χ0n) is 11.2. The Hall–Kier alpha value is -1.88. The standard InChI is InChI=1S/C14H15ClFNO3/c1-9(2)17-13(18)8-20-14(19)6-4-10-3-5-12(16)11(15)7-10/h3-7,9H,8H2,1-2H3,(H,17,18)/b6-4+. The summed E-state index contributed by atoms with van der Waals surface area (Å²) in [4.78, 5) is 22.6. The summed E-state index contributed by atoms with van der Waals surface area (Å²) in [5.74, 6) is -1.56. The molecule has 0 aliphatic carbocycles. The highest BCUT2D eigenvalue weighted by molar-refractivity contribution is 6.30. The molecule has 1 aromatic rings. The van der Waals surface area contributed by atoms with Gasteiger partial charge >= 0.3 is 5.97 Å². The first-order valence-corrected chi connectivity index (χ1v) is 6.35. The van der Waals surface area contributed by atoms with Crippen LogP contribution in [0.3, 0.4) is 0 Å². The van der Waals surface area contributed by atoms with Gasteiger partial charge in [0.25, 0.3) is 5.91 Å². The summed E-state index contributed by atoms with van der Waals surface area (Å²) in [7, 11) is 0. The molecule has 0 saturated carbocycles. The van der Waals surface area contributed by atoms with Gasteiger partial charge in [0, 0.05) is 12.1 Å². The maximum atomic E-state index is 12.9. The van der Waals surface area contributed by atoms with Crippen LogP contribution >= 0.6 is 11.6 Å². The van der Waals surface area contributed by atoms with E-state index in [4.69, 9.17) is 16.3 Å². The number of nitrogens with one attached hydrogen (secondary N) is 1. The number of halogens is 2. The lowest BCUT2D eigenvalue weighted by Crippen LogP contribution is -2.33. The first-order chi connectivity index (χ1) is 9.38. The van der Waals surface area contributed by atoms with Crippen LogP contribution in [0.2, 0.25) is 5.02 Å². The first kappa shape index (κ1) is 16.2. The molecule has 0 fully saturated rings. The van der Waals surface area contributed by atoms with Gasteiger partial charge in [0.05, 0.1) is 5.02 Å². The molecule has 0 aromatic heterocycles. The van der Waals surface area contributed by atoms with Gasteiger partial charge < -0.3 is 10.1 Å². The number of benzene rings is 1. The van der Waals surface area contributed by atoms with Crippen LogP contribution in [0.15, 0.2) is 24.3 Å². The number of carbonyl (C=O) groups is 2. The summed E-state index contributed by atoms with van der Waals surface area (Å²) < 4.78 is 17.7. The summed E-state index contributed by atoms with van der Waals surface area (Å²) >= 11 is 5.60. The lowest BCUT2D eigenvalue weighted by molar-refractivity contribution is -0.143. The molecule has 0 spiro atoms. The Morgan fingerprint density at radius 1 is 1.45 bits per heavy atom. The molecule has 0 atom stereocenters. The Bertz CT molecular complexity index is 529. The molecule has 1 rings (SSSR count). The minimum absolute atomic E-state index is 0.0156. The fourth-order valence-corrected chi connectivity index (χ4v) is 1.52. The zero-order valence-corrected chi connectivity index (χ0v) is 11.9. The van der Waals surface area contributed by atoms with Crippen LogP contribution in [-0.4, -0.2) is 24.5 Å². The summed E-state index contributed by atoms with van der Waals surface area (Å²) in [6.07, 6.45) is 2.57. The van der Waals surface area contributed by atoms with Crippen molar-refractivity contribution in [2.45, 2.75) is 19.9 Å². The van der Waals surface area contributed by atoms with E-state index in [0.29, 0.717) is 5.56 Å². The molecule has 0 aliphatic rings. The Morgan fingerprint density at radius 3 is 2.75 bits per heavy atom. The first-order valence-electron chi connectivity index (χ1n) is 5.97. The Kier molecular flexibility index (Phi) is 6.18. The van der Waals surface area contributed by atoms with Crippen LogP contribution < -0.4 is 5.32 Å². The highest BCUT2D eigenvalue weighted by Crippen LogP contribution is 2.16. The molecule has 1 aromatic carbocycles. The van der Waals surface area contributed by atoms with Crippen LogP contribution in [0.25, 0.3) is 6.08 Å². The second kappa shape index (κ2) is 7.65. The number of amides is 1. The predicted octanol–water partition coefficient (Wildman–Crippen LogP) is 2.56. The Morgan fingerprint density at radius 2 is 2.15 bits per heavy atom. The third kappa shape index (κ3) is 5.84. The Labute approximate surface area is 121 Å². The van der Waals surface area contributed by atoms with Crippen molar-refractivity contribution in [2.24, 2.45) is 0 Å². The fraction of sp³-hybridized carbons (Fsp3) is 0.286. The number of rotatable bonds is 5. The lowest BCUT2D eigenvalue weighted by Gasteiger charge is -2.07. The van der Waals surface area contributed by atoms with Gasteiger partial charge in [0.2, 0.25) is 0 Å². The van der Waals surface area contributed by atoms with Crippen molar-refractivity contribution in [3.8, 4) is 0 Å². The molecule has 6 heteroatoms. The monoisotopic (exact) mass is 299 g/mol. The minimum Gasteiger partial charge on any atom is -0.452 e. The molecule has 0 saturated heterocycles. The summed E-state index contributed by atoms with van der Waals surface area (Å²) in [6, 6.07) is 4.03. The van der Waals surface area contributed by atoms with Crippen molar-refractivity contribution in [1.82, 2.24) is 5.32 Å². The van der Waals surface area contributed by atoms with Crippen LogP contribution in [0.4, 0.5) is 4.39 Å². The van der Waals surface area contributed by atoms with Crippen LogP contribution in [0.5, 0.6) is 0 Å². The second-order valence-electron chi connectivity index (χ2n) is 4.34. The summed E-state index contributed by atoms with van der Waals surface area (Å²) in [5.41, 5.74) is 0.556. The fourth-order valence-electron chi connectivity index (χ4n) is 1.33. The second-order valence-corrected chi connectivity index (χ2v) is 4.74. The van der Waals surface area contributed by atoms with Crippen molar-refractivity contribution in [3.05, 3.63) is 40.7 Å². The maximum absolute atomic E-state index is 12.9. The molecule has 0 radical (unpaired) electrons. The molecular weight excluding hydrogens is 285 g/mol. The lowest BCUT2D eigenvalue weighted by atomic mass is 10.2.